The minimum absolute atomic E-state index is 0.0179. The zero-order chi connectivity index (χ0) is 18.6. The van der Waals surface area contributed by atoms with Crippen molar-refractivity contribution in [3.63, 3.8) is 0 Å². The molecule has 1 atom stereocenters. The average molecular weight is 357 g/mol. The molecule has 0 radical (unpaired) electrons. The van der Waals surface area contributed by atoms with Crippen LogP contribution >= 0.6 is 11.8 Å². The molecule has 1 aromatic heterocycles. The molecule has 1 aromatic carbocycles. The van der Waals surface area contributed by atoms with Crippen LogP contribution in [0.1, 0.15) is 32.2 Å². The number of hydrogen-bond acceptors (Lipinski definition) is 5. The first-order valence-electron chi connectivity index (χ1n) is 8.11. The van der Waals surface area contributed by atoms with E-state index in [9.17, 15) is 10.1 Å². The van der Waals surface area contributed by atoms with Crippen LogP contribution in [-0.4, -0.2) is 32.0 Å². The maximum atomic E-state index is 12.3. The number of nitrogens with zero attached hydrogens (tertiary/aromatic N) is 4. The highest BCUT2D eigenvalue weighted by molar-refractivity contribution is 7.99. The molecule has 2 rings (SSSR count). The van der Waals surface area contributed by atoms with Gasteiger partial charge in [0.05, 0.1) is 17.5 Å². The Kier molecular flexibility index (Phi) is 5.85. The molecule has 7 heteroatoms. The first-order chi connectivity index (χ1) is 11.8. The molecule has 0 saturated heterocycles. The van der Waals surface area contributed by atoms with Crippen molar-refractivity contribution >= 4 is 17.7 Å². The van der Waals surface area contributed by atoms with Crippen LogP contribution in [0.4, 0.5) is 0 Å². The summed E-state index contributed by atoms with van der Waals surface area (Å²) in [5.41, 5.74) is 1.22. The summed E-state index contributed by atoms with van der Waals surface area (Å²) in [6.45, 7) is 9.47. The zero-order valence-electron chi connectivity index (χ0n) is 15.2. The number of rotatable bonds is 6. The Morgan fingerprint density at radius 3 is 2.64 bits per heavy atom. The predicted molar refractivity (Wildman–Crippen MR) is 98.6 cm³/mol. The van der Waals surface area contributed by atoms with Gasteiger partial charge in [0, 0.05) is 0 Å². The summed E-state index contributed by atoms with van der Waals surface area (Å²) in [5, 5.41) is 21.1. The number of benzene rings is 1. The maximum Gasteiger partial charge on any atom is 0.231 e. The number of thioether (sulfide) groups is 1. The third-order valence-electron chi connectivity index (χ3n) is 4.27. The molecule has 0 spiro atoms. The summed E-state index contributed by atoms with van der Waals surface area (Å²) in [4.78, 5) is 12.3. The fraction of sp³-hybridized carbons (Fsp3) is 0.444. The quantitative estimate of drug-likeness (QED) is 0.804. The predicted octanol–water partition coefficient (Wildman–Crippen LogP) is 3.03. The van der Waals surface area contributed by atoms with E-state index < -0.39 is 5.54 Å². The molecule has 1 unspecified atom stereocenters. The highest BCUT2D eigenvalue weighted by Crippen LogP contribution is 2.24. The number of para-hydroxylation sites is 1. The Hall–Kier alpha value is -2.33. The van der Waals surface area contributed by atoms with Crippen LogP contribution in [0, 0.1) is 31.1 Å². The van der Waals surface area contributed by atoms with Crippen LogP contribution in [-0.2, 0) is 4.79 Å². The normalized spacial score (nSPS) is 13.3. The molecular weight excluding hydrogens is 334 g/mol. The van der Waals surface area contributed by atoms with Gasteiger partial charge in [-0.2, -0.15) is 5.26 Å². The zero-order valence-corrected chi connectivity index (χ0v) is 16.0. The van der Waals surface area contributed by atoms with E-state index in [1.807, 2.05) is 56.5 Å². The van der Waals surface area contributed by atoms with Crippen molar-refractivity contribution in [1.29, 1.82) is 5.26 Å². The van der Waals surface area contributed by atoms with Gasteiger partial charge in [-0.3, -0.25) is 9.36 Å². The lowest BCUT2D eigenvalue weighted by atomic mass is 9.90. The standard InChI is InChI=1S/C18H23N5OS/c1-12(2)18(5,11-19)20-16(24)10-25-17-22-21-14(4)23(17)15-9-7-6-8-13(15)3/h6-9,12H,10H2,1-5H3,(H,20,24). The number of aryl methyl sites for hydroxylation is 2. The molecule has 0 saturated carbocycles. The van der Waals surface area contributed by atoms with Crippen molar-refractivity contribution in [2.45, 2.75) is 45.3 Å². The van der Waals surface area contributed by atoms with Crippen molar-refractivity contribution in [2.24, 2.45) is 5.92 Å². The number of nitriles is 1. The van der Waals surface area contributed by atoms with Gasteiger partial charge in [-0.1, -0.05) is 43.8 Å². The topological polar surface area (TPSA) is 83.6 Å². The maximum absolute atomic E-state index is 12.3. The highest BCUT2D eigenvalue weighted by atomic mass is 32.2. The summed E-state index contributed by atoms with van der Waals surface area (Å²) in [6, 6.07) is 10.1. The SMILES string of the molecule is Cc1ccccc1-n1c(C)nnc1SCC(=O)NC(C)(C#N)C(C)C. The van der Waals surface area contributed by atoms with E-state index in [1.165, 1.54) is 11.8 Å². The molecule has 0 aliphatic rings. The summed E-state index contributed by atoms with van der Waals surface area (Å²) < 4.78 is 1.94. The van der Waals surface area contributed by atoms with E-state index in [0.29, 0.717) is 5.16 Å². The van der Waals surface area contributed by atoms with E-state index in [0.717, 1.165) is 17.1 Å². The highest BCUT2D eigenvalue weighted by Gasteiger charge is 2.30. The monoisotopic (exact) mass is 357 g/mol. The summed E-state index contributed by atoms with van der Waals surface area (Å²) in [5.74, 6) is 0.763. The molecule has 0 fully saturated rings. The van der Waals surface area contributed by atoms with Gasteiger partial charge in [0.1, 0.15) is 11.4 Å². The second kappa shape index (κ2) is 7.70. The van der Waals surface area contributed by atoms with Gasteiger partial charge in [-0.25, -0.2) is 0 Å². The fourth-order valence-electron chi connectivity index (χ4n) is 2.29. The summed E-state index contributed by atoms with van der Waals surface area (Å²) in [6.07, 6.45) is 0. The number of nitrogens with one attached hydrogen (secondary N) is 1. The molecule has 25 heavy (non-hydrogen) atoms. The van der Waals surface area contributed by atoms with Crippen LogP contribution in [0.25, 0.3) is 5.69 Å². The van der Waals surface area contributed by atoms with Gasteiger partial charge in [-0.05, 0) is 38.3 Å². The summed E-state index contributed by atoms with van der Waals surface area (Å²) in [7, 11) is 0. The molecule has 1 N–H and O–H groups in total. The van der Waals surface area contributed by atoms with E-state index >= 15 is 0 Å². The van der Waals surface area contributed by atoms with Crippen molar-refractivity contribution < 1.29 is 4.79 Å². The Bertz CT molecular complexity index is 808. The van der Waals surface area contributed by atoms with Crippen LogP contribution in [0.15, 0.2) is 29.4 Å². The van der Waals surface area contributed by atoms with Crippen molar-refractivity contribution in [2.75, 3.05) is 5.75 Å². The molecule has 1 heterocycles. The molecule has 132 valence electrons. The number of aromatic nitrogens is 3. The molecule has 0 aliphatic carbocycles. The first-order valence-corrected chi connectivity index (χ1v) is 9.10. The Balaban J connectivity index is 2.14. The van der Waals surface area contributed by atoms with Gasteiger partial charge in [0.25, 0.3) is 0 Å². The van der Waals surface area contributed by atoms with E-state index in [-0.39, 0.29) is 17.6 Å². The Labute approximate surface area is 152 Å². The summed E-state index contributed by atoms with van der Waals surface area (Å²) >= 11 is 1.31. The third kappa shape index (κ3) is 4.20. The smallest absolute Gasteiger partial charge is 0.231 e. The molecular formula is C18H23N5OS. The molecule has 0 aliphatic heterocycles. The second-order valence-corrected chi connectivity index (χ2v) is 7.40. The lowest BCUT2D eigenvalue weighted by Gasteiger charge is -2.27. The first kappa shape index (κ1) is 19.0. The molecule has 0 bridgehead atoms. The fourth-order valence-corrected chi connectivity index (χ4v) is 3.08. The van der Waals surface area contributed by atoms with Gasteiger partial charge >= 0.3 is 0 Å². The van der Waals surface area contributed by atoms with E-state index in [2.05, 4.69) is 21.6 Å². The number of hydrogen-bond donors (Lipinski definition) is 1. The minimum atomic E-state index is -0.878. The molecule has 1 amide bonds. The molecule has 2 aromatic rings. The van der Waals surface area contributed by atoms with Crippen molar-refractivity contribution in [3.05, 3.63) is 35.7 Å². The van der Waals surface area contributed by atoms with Gasteiger partial charge < -0.3 is 5.32 Å². The number of carbonyl (C=O) groups excluding carboxylic acids is 1. The Morgan fingerprint density at radius 2 is 2.04 bits per heavy atom. The van der Waals surface area contributed by atoms with Gasteiger partial charge in [0.15, 0.2) is 5.16 Å². The van der Waals surface area contributed by atoms with E-state index in [4.69, 9.17) is 0 Å². The minimum Gasteiger partial charge on any atom is -0.337 e. The number of carbonyl (C=O) groups is 1. The Morgan fingerprint density at radius 1 is 1.36 bits per heavy atom. The average Bonchev–Trinajstić information content (AvgIpc) is 2.94. The number of amides is 1. The van der Waals surface area contributed by atoms with Gasteiger partial charge in [0.2, 0.25) is 5.91 Å². The molecule has 6 nitrogen and oxygen atoms in total. The lowest BCUT2D eigenvalue weighted by Crippen LogP contribution is -2.49. The van der Waals surface area contributed by atoms with E-state index in [1.54, 1.807) is 6.92 Å². The third-order valence-corrected chi connectivity index (χ3v) is 5.20. The largest absolute Gasteiger partial charge is 0.337 e. The van der Waals surface area contributed by atoms with Crippen LogP contribution < -0.4 is 5.32 Å². The van der Waals surface area contributed by atoms with Gasteiger partial charge in [-0.15, -0.1) is 10.2 Å². The van der Waals surface area contributed by atoms with Crippen molar-refractivity contribution in [1.82, 2.24) is 20.1 Å². The van der Waals surface area contributed by atoms with Crippen LogP contribution in [0.3, 0.4) is 0 Å². The van der Waals surface area contributed by atoms with Crippen molar-refractivity contribution in [3.8, 4) is 11.8 Å². The lowest BCUT2D eigenvalue weighted by molar-refractivity contribution is -0.120. The second-order valence-electron chi connectivity index (χ2n) is 6.46. The van der Waals surface area contributed by atoms with Crippen LogP contribution in [0.2, 0.25) is 0 Å². The van der Waals surface area contributed by atoms with Crippen LogP contribution in [0.5, 0.6) is 0 Å².